The highest BCUT2D eigenvalue weighted by Gasteiger charge is 2.31. The molecule has 1 aliphatic rings. The SMILES string of the molecule is CCCCCC(C)c1ccc(N2CCC(Cl)[C@@H]2C/C=C\CCCC(=O)OC)cc1. The van der Waals surface area contributed by atoms with E-state index in [0.29, 0.717) is 18.4 Å². The molecular weight excluding hydrogens is 382 g/mol. The van der Waals surface area contributed by atoms with Crippen molar-refractivity contribution in [2.75, 3.05) is 18.6 Å². The Morgan fingerprint density at radius 2 is 2.00 bits per heavy atom. The zero-order valence-electron chi connectivity index (χ0n) is 18.4. The Morgan fingerprint density at radius 3 is 2.69 bits per heavy atom. The maximum Gasteiger partial charge on any atom is 0.305 e. The van der Waals surface area contributed by atoms with Gasteiger partial charge in [-0.15, -0.1) is 11.6 Å². The van der Waals surface area contributed by atoms with Crippen LogP contribution in [0.3, 0.4) is 0 Å². The Balaban J connectivity index is 1.87. The van der Waals surface area contributed by atoms with E-state index in [1.54, 1.807) is 0 Å². The first-order valence-corrected chi connectivity index (χ1v) is 11.7. The molecule has 1 saturated heterocycles. The van der Waals surface area contributed by atoms with Gasteiger partial charge in [-0.05, 0) is 55.7 Å². The molecule has 0 N–H and O–H groups in total. The van der Waals surface area contributed by atoms with Gasteiger partial charge in [0.15, 0.2) is 0 Å². The van der Waals surface area contributed by atoms with E-state index < -0.39 is 0 Å². The minimum absolute atomic E-state index is 0.135. The van der Waals surface area contributed by atoms with E-state index in [-0.39, 0.29) is 11.3 Å². The number of alkyl halides is 1. The Morgan fingerprint density at radius 1 is 1.24 bits per heavy atom. The topological polar surface area (TPSA) is 29.5 Å². The van der Waals surface area contributed by atoms with E-state index in [1.165, 1.54) is 44.0 Å². The van der Waals surface area contributed by atoms with Gasteiger partial charge < -0.3 is 9.64 Å². The van der Waals surface area contributed by atoms with Gasteiger partial charge in [0.2, 0.25) is 0 Å². The van der Waals surface area contributed by atoms with Gasteiger partial charge in [0.05, 0.1) is 12.5 Å². The predicted molar refractivity (Wildman–Crippen MR) is 124 cm³/mol. The summed E-state index contributed by atoms with van der Waals surface area (Å²) in [5.74, 6) is 0.489. The molecule has 1 heterocycles. The van der Waals surface area contributed by atoms with Gasteiger partial charge in [0, 0.05) is 24.7 Å². The molecule has 3 atom stereocenters. The average Bonchev–Trinajstić information content (AvgIpc) is 3.10. The van der Waals surface area contributed by atoms with Crippen LogP contribution in [0.25, 0.3) is 0 Å². The number of ether oxygens (including phenoxy) is 1. The molecule has 3 nitrogen and oxygen atoms in total. The van der Waals surface area contributed by atoms with E-state index in [1.807, 2.05) is 0 Å². The first-order chi connectivity index (χ1) is 14.1. The maximum absolute atomic E-state index is 11.2. The summed E-state index contributed by atoms with van der Waals surface area (Å²) in [6.07, 6.45) is 13.8. The molecule has 0 aliphatic carbocycles. The second-order valence-electron chi connectivity index (χ2n) is 8.23. The number of esters is 1. The van der Waals surface area contributed by atoms with Crippen LogP contribution in [0.5, 0.6) is 0 Å². The lowest BCUT2D eigenvalue weighted by Crippen LogP contribution is -2.32. The van der Waals surface area contributed by atoms with Crippen LogP contribution in [-0.2, 0) is 9.53 Å². The van der Waals surface area contributed by atoms with E-state index in [2.05, 4.69) is 59.9 Å². The number of unbranched alkanes of at least 4 members (excludes halogenated alkanes) is 3. The summed E-state index contributed by atoms with van der Waals surface area (Å²) >= 11 is 6.64. The van der Waals surface area contributed by atoms with Crippen LogP contribution in [0.15, 0.2) is 36.4 Å². The van der Waals surface area contributed by atoms with Gasteiger partial charge in [0.1, 0.15) is 0 Å². The third kappa shape index (κ3) is 7.70. The molecule has 0 aromatic heterocycles. The van der Waals surface area contributed by atoms with E-state index >= 15 is 0 Å². The zero-order valence-corrected chi connectivity index (χ0v) is 19.2. The molecule has 162 valence electrons. The summed E-state index contributed by atoms with van der Waals surface area (Å²) < 4.78 is 4.68. The van der Waals surface area contributed by atoms with Crippen LogP contribution in [0.2, 0.25) is 0 Å². The lowest BCUT2D eigenvalue weighted by atomic mass is 9.95. The lowest BCUT2D eigenvalue weighted by molar-refractivity contribution is -0.140. The Bertz CT molecular complexity index is 628. The van der Waals surface area contributed by atoms with Crippen molar-refractivity contribution in [2.24, 2.45) is 0 Å². The zero-order chi connectivity index (χ0) is 21.1. The van der Waals surface area contributed by atoms with E-state index in [9.17, 15) is 4.79 Å². The molecule has 1 aromatic rings. The summed E-state index contributed by atoms with van der Waals surface area (Å²) in [6.45, 7) is 5.61. The fraction of sp³-hybridized carbons (Fsp3) is 0.640. The minimum Gasteiger partial charge on any atom is -0.469 e. The highest BCUT2D eigenvalue weighted by Crippen LogP contribution is 2.32. The number of nitrogens with zero attached hydrogens (tertiary/aromatic N) is 1. The second-order valence-corrected chi connectivity index (χ2v) is 8.79. The van der Waals surface area contributed by atoms with Crippen LogP contribution >= 0.6 is 11.6 Å². The molecule has 1 aliphatic heterocycles. The number of hydrogen-bond donors (Lipinski definition) is 0. The van der Waals surface area contributed by atoms with Gasteiger partial charge in [-0.3, -0.25) is 4.79 Å². The smallest absolute Gasteiger partial charge is 0.305 e. The Kier molecular flexibility index (Phi) is 10.6. The maximum atomic E-state index is 11.2. The average molecular weight is 420 g/mol. The first-order valence-electron chi connectivity index (χ1n) is 11.3. The van der Waals surface area contributed by atoms with Crippen molar-refractivity contribution >= 4 is 23.3 Å². The largest absolute Gasteiger partial charge is 0.469 e. The summed E-state index contributed by atoms with van der Waals surface area (Å²) in [6, 6.07) is 9.48. The number of methoxy groups -OCH3 is 1. The molecule has 0 spiro atoms. The molecule has 0 bridgehead atoms. The molecule has 2 unspecified atom stereocenters. The third-order valence-electron chi connectivity index (χ3n) is 6.02. The number of allylic oxidation sites excluding steroid dienone is 1. The predicted octanol–water partition coefficient (Wildman–Crippen LogP) is 6.85. The first kappa shape index (κ1) is 23.8. The van der Waals surface area contributed by atoms with Gasteiger partial charge >= 0.3 is 5.97 Å². The van der Waals surface area contributed by atoms with E-state index in [4.69, 9.17) is 11.6 Å². The lowest BCUT2D eigenvalue weighted by Gasteiger charge is -2.28. The molecule has 1 aromatic carbocycles. The standard InChI is InChI=1S/C25H38ClNO2/c1-4-5-8-11-20(2)21-14-16-22(17-15-21)27-19-18-23(26)24(27)12-9-6-7-10-13-25(28)29-3/h6,9,14-17,20,23-24H,4-5,7-8,10-13,18-19H2,1-3H3/b9-6-/t20?,23?,24-/m0/s1. The second kappa shape index (κ2) is 13.0. The van der Waals surface area contributed by atoms with Crippen molar-refractivity contribution in [3.05, 3.63) is 42.0 Å². The molecule has 0 saturated carbocycles. The molecule has 4 heteroatoms. The molecule has 0 amide bonds. The van der Waals surface area contributed by atoms with Crippen molar-refractivity contribution in [3.63, 3.8) is 0 Å². The van der Waals surface area contributed by atoms with Gasteiger partial charge in [-0.2, -0.15) is 0 Å². The quantitative estimate of drug-likeness (QED) is 0.160. The monoisotopic (exact) mass is 419 g/mol. The van der Waals surface area contributed by atoms with Gasteiger partial charge in [0.25, 0.3) is 0 Å². The molecular formula is C25H38ClNO2. The number of carbonyl (C=O) groups excluding carboxylic acids is 1. The third-order valence-corrected chi connectivity index (χ3v) is 6.53. The summed E-state index contributed by atoms with van der Waals surface area (Å²) in [5.41, 5.74) is 2.72. The Labute approximate surface area is 182 Å². The normalized spacial score (nSPS) is 20.3. The number of carbonyl (C=O) groups is 1. The number of rotatable bonds is 12. The molecule has 1 fully saturated rings. The number of halogens is 1. The van der Waals surface area contributed by atoms with Gasteiger partial charge in [-0.1, -0.05) is 57.4 Å². The Hall–Kier alpha value is -1.48. The molecule has 29 heavy (non-hydrogen) atoms. The summed E-state index contributed by atoms with van der Waals surface area (Å²) in [4.78, 5) is 13.6. The van der Waals surface area contributed by atoms with Crippen molar-refractivity contribution in [1.82, 2.24) is 0 Å². The fourth-order valence-corrected chi connectivity index (χ4v) is 4.43. The van der Waals surface area contributed by atoms with Crippen LogP contribution in [0.1, 0.15) is 83.1 Å². The van der Waals surface area contributed by atoms with E-state index in [0.717, 1.165) is 32.2 Å². The van der Waals surface area contributed by atoms with Crippen LogP contribution in [0.4, 0.5) is 5.69 Å². The minimum atomic E-state index is -0.135. The van der Waals surface area contributed by atoms with Crippen molar-refractivity contribution in [1.29, 1.82) is 0 Å². The van der Waals surface area contributed by atoms with Crippen molar-refractivity contribution in [3.8, 4) is 0 Å². The highest BCUT2D eigenvalue weighted by atomic mass is 35.5. The molecule has 0 radical (unpaired) electrons. The van der Waals surface area contributed by atoms with Crippen LogP contribution in [-0.4, -0.2) is 31.0 Å². The summed E-state index contributed by atoms with van der Waals surface area (Å²) in [7, 11) is 1.44. The number of benzene rings is 1. The van der Waals surface area contributed by atoms with Gasteiger partial charge in [-0.25, -0.2) is 0 Å². The highest BCUT2D eigenvalue weighted by molar-refractivity contribution is 6.21. The molecule has 2 rings (SSSR count). The number of anilines is 1. The fourth-order valence-electron chi connectivity index (χ4n) is 4.09. The van der Waals surface area contributed by atoms with Crippen LogP contribution < -0.4 is 4.90 Å². The number of hydrogen-bond acceptors (Lipinski definition) is 3. The van der Waals surface area contributed by atoms with Crippen molar-refractivity contribution in [2.45, 2.75) is 89.0 Å². The van der Waals surface area contributed by atoms with Crippen LogP contribution in [0, 0.1) is 0 Å². The van der Waals surface area contributed by atoms with Crippen molar-refractivity contribution < 1.29 is 9.53 Å². The summed E-state index contributed by atoms with van der Waals surface area (Å²) in [5, 5.41) is 0.183.